The molecule has 0 aromatic heterocycles. The SMILES string of the molecule is CCC(C)(C(C)O[Si](C)(C)O[SiH](C)C)[SiH](C)OC(C)[SiH](C)C. The Kier molecular flexibility index (Phi) is 9.60. The molecule has 0 rings (SSSR count). The van der Waals surface area contributed by atoms with Gasteiger partial charge in [0.25, 0.3) is 0 Å². The first-order chi connectivity index (χ1) is 9.85. The zero-order valence-corrected chi connectivity index (χ0v) is 21.3. The Labute approximate surface area is 145 Å². The predicted octanol–water partition coefficient (Wildman–Crippen LogP) is 4.05. The fourth-order valence-corrected chi connectivity index (χ4v) is 12.9. The molecule has 22 heavy (non-hydrogen) atoms. The fraction of sp³-hybridized carbons (Fsp3) is 1.00. The number of hydrogen-bond donors (Lipinski definition) is 0. The average molecular weight is 381 g/mol. The summed E-state index contributed by atoms with van der Waals surface area (Å²) in [5.41, 5.74) is 0.462. The van der Waals surface area contributed by atoms with Crippen LogP contribution in [-0.4, -0.2) is 47.3 Å². The molecule has 0 saturated carbocycles. The maximum atomic E-state index is 6.49. The first-order valence-corrected chi connectivity index (χ1v) is 19.6. The summed E-state index contributed by atoms with van der Waals surface area (Å²) in [4.78, 5) is 0. The largest absolute Gasteiger partial charge is 0.439 e. The minimum absolute atomic E-state index is 0.156. The monoisotopic (exact) mass is 380 g/mol. The van der Waals surface area contributed by atoms with E-state index in [1.54, 1.807) is 0 Å². The summed E-state index contributed by atoms with van der Waals surface area (Å²) in [6, 6.07) is 0. The van der Waals surface area contributed by atoms with E-state index < -0.39 is 35.4 Å². The van der Waals surface area contributed by atoms with Crippen LogP contribution in [0.25, 0.3) is 0 Å². The molecular formula is C15H40O3Si4. The molecule has 0 aliphatic carbocycles. The summed E-state index contributed by atoms with van der Waals surface area (Å²) in [7, 11) is -5.16. The van der Waals surface area contributed by atoms with Gasteiger partial charge in [0.05, 0.1) is 8.80 Å². The van der Waals surface area contributed by atoms with E-state index in [0.717, 1.165) is 6.42 Å². The zero-order chi connectivity index (χ0) is 17.7. The standard InChI is InChI=1S/C15H40O3Si4/c1-12-15(4,21(9)16-14(3)19(5)6)13(2)17-22(10,11)18-20(7)8/h13-14,19-21H,12H2,1-11H3. The van der Waals surface area contributed by atoms with E-state index >= 15 is 0 Å². The molecule has 0 aliphatic heterocycles. The van der Waals surface area contributed by atoms with Crippen molar-refractivity contribution in [2.24, 2.45) is 0 Å². The topological polar surface area (TPSA) is 27.7 Å². The summed E-state index contributed by atoms with van der Waals surface area (Å²) in [6.07, 6.45) is 1.31. The highest BCUT2D eigenvalue weighted by atomic mass is 28.4. The Morgan fingerprint density at radius 1 is 1.05 bits per heavy atom. The lowest BCUT2D eigenvalue weighted by Crippen LogP contribution is -2.49. The van der Waals surface area contributed by atoms with Crippen molar-refractivity contribution in [3.63, 3.8) is 0 Å². The molecule has 4 atom stereocenters. The molecule has 0 fully saturated rings. The van der Waals surface area contributed by atoms with Crippen molar-refractivity contribution >= 4 is 35.4 Å². The van der Waals surface area contributed by atoms with E-state index in [1.807, 2.05) is 0 Å². The molecule has 0 heterocycles. The van der Waals surface area contributed by atoms with Gasteiger partial charge in [-0.25, -0.2) is 0 Å². The number of rotatable bonds is 10. The molecule has 0 radical (unpaired) electrons. The molecule has 3 nitrogen and oxygen atoms in total. The molecule has 0 saturated heterocycles. The van der Waals surface area contributed by atoms with E-state index in [9.17, 15) is 0 Å². The molecule has 0 aromatic rings. The smallest absolute Gasteiger partial charge is 0.321 e. The Bertz CT molecular complexity index is 326. The first-order valence-electron chi connectivity index (χ1n) is 8.86. The second-order valence-corrected chi connectivity index (χ2v) is 20.3. The Hall–Kier alpha value is 0.748. The van der Waals surface area contributed by atoms with E-state index in [4.69, 9.17) is 13.0 Å². The molecule has 4 unspecified atom stereocenters. The minimum Gasteiger partial charge on any atom is -0.439 e. The lowest BCUT2D eigenvalue weighted by atomic mass is 10.0. The van der Waals surface area contributed by atoms with Crippen LogP contribution in [-0.2, 0) is 13.0 Å². The van der Waals surface area contributed by atoms with Gasteiger partial charge in [-0.2, -0.15) is 0 Å². The number of hydrogen-bond acceptors (Lipinski definition) is 3. The van der Waals surface area contributed by atoms with Crippen molar-refractivity contribution in [2.75, 3.05) is 0 Å². The molecule has 0 spiro atoms. The lowest BCUT2D eigenvalue weighted by molar-refractivity contribution is 0.115. The van der Waals surface area contributed by atoms with Crippen molar-refractivity contribution in [1.82, 2.24) is 0 Å². The zero-order valence-electron chi connectivity index (χ0n) is 16.8. The van der Waals surface area contributed by atoms with E-state index in [1.165, 1.54) is 0 Å². The Morgan fingerprint density at radius 3 is 1.91 bits per heavy atom. The van der Waals surface area contributed by atoms with Crippen molar-refractivity contribution in [1.29, 1.82) is 0 Å². The molecule has 0 amide bonds. The van der Waals surface area contributed by atoms with Crippen molar-refractivity contribution in [2.45, 2.75) is 96.8 Å². The van der Waals surface area contributed by atoms with Crippen molar-refractivity contribution in [3.8, 4) is 0 Å². The summed E-state index contributed by atoms with van der Waals surface area (Å²) in [5.74, 6) is 0. The van der Waals surface area contributed by atoms with Gasteiger partial charge in [0.1, 0.15) is 0 Å². The third-order valence-corrected chi connectivity index (χ3v) is 16.0. The van der Waals surface area contributed by atoms with Crippen LogP contribution in [0.3, 0.4) is 0 Å². The summed E-state index contributed by atoms with van der Waals surface area (Å²) in [5, 5.41) is 0.156. The van der Waals surface area contributed by atoms with Crippen molar-refractivity contribution < 1.29 is 13.0 Å². The van der Waals surface area contributed by atoms with Crippen LogP contribution >= 0.6 is 0 Å². The Morgan fingerprint density at radius 2 is 1.55 bits per heavy atom. The van der Waals surface area contributed by atoms with Gasteiger partial charge in [-0.05, 0) is 53.0 Å². The van der Waals surface area contributed by atoms with Crippen LogP contribution in [0, 0.1) is 0 Å². The highest BCUT2D eigenvalue weighted by molar-refractivity contribution is 6.73. The van der Waals surface area contributed by atoms with Crippen LogP contribution in [0.2, 0.25) is 50.9 Å². The maximum absolute atomic E-state index is 6.49. The molecule has 0 aliphatic rings. The van der Waals surface area contributed by atoms with Crippen LogP contribution < -0.4 is 0 Å². The normalized spacial score (nSPS) is 20.0. The quantitative estimate of drug-likeness (QED) is 0.535. The summed E-state index contributed by atoms with van der Waals surface area (Å²) >= 11 is 0. The van der Waals surface area contributed by atoms with E-state index in [2.05, 4.69) is 73.5 Å². The van der Waals surface area contributed by atoms with Gasteiger partial charge in [0.15, 0.2) is 18.1 Å². The minimum atomic E-state index is -2.03. The molecule has 134 valence electrons. The molecule has 7 heteroatoms. The second-order valence-electron chi connectivity index (χ2n) is 7.91. The lowest BCUT2D eigenvalue weighted by Gasteiger charge is -2.43. The molecular weight excluding hydrogens is 341 g/mol. The van der Waals surface area contributed by atoms with Gasteiger partial charge in [0.2, 0.25) is 0 Å². The van der Waals surface area contributed by atoms with Gasteiger partial charge < -0.3 is 13.0 Å². The van der Waals surface area contributed by atoms with Gasteiger partial charge in [-0.15, -0.1) is 0 Å². The van der Waals surface area contributed by atoms with Gasteiger partial charge >= 0.3 is 8.56 Å². The van der Waals surface area contributed by atoms with Crippen LogP contribution in [0.4, 0.5) is 0 Å². The third kappa shape index (κ3) is 7.10. The highest BCUT2D eigenvalue weighted by Gasteiger charge is 2.42. The predicted molar refractivity (Wildman–Crippen MR) is 109 cm³/mol. The molecule has 0 N–H and O–H groups in total. The summed E-state index contributed by atoms with van der Waals surface area (Å²) in [6.45, 7) is 25.0. The third-order valence-electron chi connectivity index (χ3n) is 4.96. The fourth-order valence-electron chi connectivity index (χ4n) is 2.70. The van der Waals surface area contributed by atoms with E-state index in [0.29, 0.717) is 5.73 Å². The van der Waals surface area contributed by atoms with Crippen LogP contribution in [0.1, 0.15) is 34.1 Å². The van der Waals surface area contributed by atoms with Crippen LogP contribution in [0.5, 0.6) is 0 Å². The van der Waals surface area contributed by atoms with Gasteiger partial charge in [0, 0.05) is 16.9 Å². The van der Waals surface area contributed by atoms with Gasteiger partial charge in [-0.3, -0.25) is 0 Å². The molecule has 0 aromatic carbocycles. The van der Waals surface area contributed by atoms with E-state index in [-0.39, 0.29) is 11.1 Å². The van der Waals surface area contributed by atoms with Crippen molar-refractivity contribution in [3.05, 3.63) is 0 Å². The maximum Gasteiger partial charge on any atom is 0.321 e. The average Bonchev–Trinajstić information content (AvgIpc) is 2.34. The Balaban J connectivity index is 4.96. The summed E-state index contributed by atoms with van der Waals surface area (Å²) < 4.78 is 19.2. The second kappa shape index (κ2) is 9.29. The van der Waals surface area contributed by atoms with Gasteiger partial charge in [-0.1, -0.05) is 26.9 Å². The highest BCUT2D eigenvalue weighted by Crippen LogP contribution is 2.41. The molecule has 0 bridgehead atoms. The van der Waals surface area contributed by atoms with Crippen LogP contribution in [0.15, 0.2) is 0 Å². The first kappa shape index (κ1) is 22.7.